The number of rotatable bonds is 5. The zero-order chi connectivity index (χ0) is 9.80. The number of phenols is 1. The number of phenolic OH excluding ortho intramolecular Hbond substituents is 1. The molecule has 1 fully saturated rings. The summed E-state index contributed by atoms with van der Waals surface area (Å²) >= 11 is 0. The van der Waals surface area contributed by atoms with Crippen molar-refractivity contribution in [1.82, 2.24) is 0 Å². The van der Waals surface area contributed by atoms with Crippen LogP contribution in [-0.4, -0.2) is 18.5 Å². The third-order valence-corrected chi connectivity index (χ3v) is 2.18. The van der Waals surface area contributed by atoms with E-state index < -0.39 is 0 Å². The molecule has 0 heterocycles. The number of benzene rings is 1. The van der Waals surface area contributed by atoms with Gasteiger partial charge in [-0.25, -0.2) is 0 Å². The van der Waals surface area contributed by atoms with Crippen molar-refractivity contribution in [3.63, 3.8) is 0 Å². The van der Waals surface area contributed by atoms with Gasteiger partial charge in [0.1, 0.15) is 11.5 Å². The molecule has 1 aromatic carbocycles. The normalized spacial score (nSPS) is 15.4. The summed E-state index contributed by atoms with van der Waals surface area (Å²) in [5.41, 5.74) is 0. The summed E-state index contributed by atoms with van der Waals surface area (Å²) in [6.45, 7) is 1.05. The molecule has 3 nitrogen and oxygen atoms in total. The quantitative estimate of drug-likeness (QED) is 0.576. The first-order valence-corrected chi connectivity index (χ1v) is 4.84. The third-order valence-electron chi connectivity index (χ3n) is 2.18. The van der Waals surface area contributed by atoms with Gasteiger partial charge < -0.3 is 14.6 Å². The van der Waals surface area contributed by atoms with Crippen LogP contribution in [0.25, 0.3) is 0 Å². The standard InChI is InChI=1S/C11H14O3/c12-10-2-1-3-11(6-10)14-8-13-7-9-4-5-9/h1-3,6,9,12H,4-5,7-8H2. The van der Waals surface area contributed by atoms with Crippen molar-refractivity contribution >= 4 is 0 Å². The van der Waals surface area contributed by atoms with Gasteiger partial charge in [0.15, 0.2) is 6.79 Å². The van der Waals surface area contributed by atoms with Crippen LogP contribution in [0.5, 0.6) is 11.5 Å². The van der Waals surface area contributed by atoms with Crippen LogP contribution in [-0.2, 0) is 4.74 Å². The summed E-state index contributed by atoms with van der Waals surface area (Å²) in [5.74, 6) is 1.60. The van der Waals surface area contributed by atoms with Crippen molar-refractivity contribution in [2.24, 2.45) is 5.92 Å². The Bertz CT molecular complexity index is 294. The number of aromatic hydroxyl groups is 1. The minimum absolute atomic E-state index is 0.213. The molecule has 1 saturated carbocycles. The van der Waals surface area contributed by atoms with Crippen LogP contribution >= 0.6 is 0 Å². The molecule has 1 aliphatic carbocycles. The molecule has 1 N–H and O–H groups in total. The van der Waals surface area contributed by atoms with E-state index in [1.54, 1.807) is 24.3 Å². The number of hydrogen-bond donors (Lipinski definition) is 1. The first kappa shape index (κ1) is 9.34. The zero-order valence-corrected chi connectivity index (χ0v) is 7.98. The van der Waals surface area contributed by atoms with E-state index in [0.29, 0.717) is 5.75 Å². The molecule has 1 aliphatic rings. The second-order valence-corrected chi connectivity index (χ2v) is 3.57. The fourth-order valence-electron chi connectivity index (χ4n) is 1.18. The summed E-state index contributed by atoms with van der Waals surface area (Å²) in [6.07, 6.45) is 2.57. The highest BCUT2D eigenvalue weighted by atomic mass is 16.7. The molecule has 14 heavy (non-hydrogen) atoms. The monoisotopic (exact) mass is 194 g/mol. The second-order valence-electron chi connectivity index (χ2n) is 3.57. The van der Waals surface area contributed by atoms with Gasteiger partial charge in [-0.2, -0.15) is 0 Å². The highest BCUT2D eigenvalue weighted by Gasteiger charge is 2.20. The van der Waals surface area contributed by atoms with E-state index in [1.807, 2.05) is 0 Å². The minimum atomic E-state index is 0.213. The number of ether oxygens (including phenoxy) is 2. The summed E-state index contributed by atoms with van der Waals surface area (Å²) in [7, 11) is 0. The molecule has 0 bridgehead atoms. The molecule has 1 aromatic rings. The maximum atomic E-state index is 9.15. The minimum Gasteiger partial charge on any atom is -0.508 e. The van der Waals surface area contributed by atoms with E-state index >= 15 is 0 Å². The van der Waals surface area contributed by atoms with Crippen LogP contribution in [0.15, 0.2) is 24.3 Å². The van der Waals surface area contributed by atoms with Gasteiger partial charge in [0.05, 0.1) is 6.61 Å². The van der Waals surface area contributed by atoms with Gasteiger partial charge in [0, 0.05) is 6.07 Å². The van der Waals surface area contributed by atoms with E-state index in [1.165, 1.54) is 12.8 Å². The van der Waals surface area contributed by atoms with Crippen LogP contribution < -0.4 is 4.74 Å². The van der Waals surface area contributed by atoms with Gasteiger partial charge in [-0.05, 0) is 30.9 Å². The van der Waals surface area contributed by atoms with Gasteiger partial charge in [0.2, 0.25) is 0 Å². The average Bonchev–Trinajstić information content (AvgIpc) is 2.96. The highest BCUT2D eigenvalue weighted by Crippen LogP contribution is 2.28. The summed E-state index contributed by atoms with van der Waals surface area (Å²) in [5, 5.41) is 9.15. The smallest absolute Gasteiger partial charge is 0.189 e. The van der Waals surface area contributed by atoms with Crippen LogP contribution in [0.3, 0.4) is 0 Å². The van der Waals surface area contributed by atoms with Gasteiger partial charge in [-0.3, -0.25) is 0 Å². The first-order valence-electron chi connectivity index (χ1n) is 4.84. The fourth-order valence-corrected chi connectivity index (χ4v) is 1.18. The average molecular weight is 194 g/mol. The van der Waals surface area contributed by atoms with E-state index in [2.05, 4.69) is 0 Å². The highest BCUT2D eigenvalue weighted by molar-refractivity contribution is 5.31. The Balaban J connectivity index is 1.68. The molecule has 2 rings (SSSR count). The molecule has 0 amide bonds. The third kappa shape index (κ3) is 2.92. The SMILES string of the molecule is Oc1cccc(OCOCC2CC2)c1. The van der Waals surface area contributed by atoms with Gasteiger partial charge in [0.25, 0.3) is 0 Å². The van der Waals surface area contributed by atoms with Crippen molar-refractivity contribution in [3.05, 3.63) is 24.3 Å². The predicted molar refractivity (Wildman–Crippen MR) is 52.3 cm³/mol. The lowest BCUT2D eigenvalue weighted by Gasteiger charge is -2.06. The lowest BCUT2D eigenvalue weighted by Crippen LogP contribution is -2.04. The molecular formula is C11H14O3. The molecule has 0 unspecified atom stereocenters. The molecule has 0 aromatic heterocycles. The zero-order valence-electron chi connectivity index (χ0n) is 7.98. The van der Waals surface area contributed by atoms with Crippen LogP contribution in [0, 0.1) is 5.92 Å². The Kier molecular flexibility index (Phi) is 2.89. The van der Waals surface area contributed by atoms with E-state index in [0.717, 1.165) is 12.5 Å². The topological polar surface area (TPSA) is 38.7 Å². The Morgan fingerprint density at radius 1 is 1.36 bits per heavy atom. The molecule has 76 valence electrons. The fraction of sp³-hybridized carbons (Fsp3) is 0.455. The molecule has 3 heteroatoms. The van der Waals surface area contributed by atoms with Crippen LogP contribution in [0.1, 0.15) is 12.8 Å². The lowest BCUT2D eigenvalue weighted by atomic mass is 10.3. The summed E-state index contributed by atoms with van der Waals surface area (Å²) in [6, 6.07) is 6.71. The first-order chi connectivity index (χ1) is 6.84. The van der Waals surface area contributed by atoms with Gasteiger partial charge in [-0.15, -0.1) is 0 Å². The van der Waals surface area contributed by atoms with Crippen molar-refractivity contribution in [1.29, 1.82) is 0 Å². The van der Waals surface area contributed by atoms with E-state index in [9.17, 15) is 0 Å². The molecule has 0 saturated heterocycles. The molecular weight excluding hydrogens is 180 g/mol. The maximum Gasteiger partial charge on any atom is 0.189 e. The Morgan fingerprint density at radius 3 is 2.93 bits per heavy atom. The predicted octanol–water partition coefficient (Wildman–Crippen LogP) is 2.16. The van der Waals surface area contributed by atoms with E-state index in [-0.39, 0.29) is 12.5 Å². The molecule has 0 spiro atoms. The Labute approximate surface area is 83.3 Å². The molecule has 0 atom stereocenters. The second kappa shape index (κ2) is 4.33. The maximum absolute atomic E-state index is 9.15. The lowest BCUT2D eigenvalue weighted by molar-refractivity contribution is 0.00990. The van der Waals surface area contributed by atoms with Crippen molar-refractivity contribution < 1.29 is 14.6 Å². The largest absolute Gasteiger partial charge is 0.508 e. The van der Waals surface area contributed by atoms with Crippen molar-refractivity contribution in [2.45, 2.75) is 12.8 Å². The summed E-state index contributed by atoms with van der Waals surface area (Å²) < 4.78 is 10.6. The van der Waals surface area contributed by atoms with Gasteiger partial charge in [-0.1, -0.05) is 6.07 Å². The number of hydrogen-bond acceptors (Lipinski definition) is 3. The Hall–Kier alpha value is -1.22. The van der Waals surface area contributed by atoms with E-state index in [4.69, 9.17) is 14.6 Å². The Morgan fingerprint density at radius 2 is 2.21 bits per heavy atom. The molecule has 0 radical (unpaired) electrons. The van der Waals surface area contributed by atoms with Crippen LogP contribution in [0.4, 0.5) is 0 Å². The molecule has 0 aliphatic heterocycles. The van der Waals surface area contributed by atoms with Crippen molar-refractivity contribution in [3.8, 4) is 11.5 Å². The van der Waals surface area contributed by atoms with Gasteiger partial charge >= 0.3 is 0 Å². The summed E-state index contributed by atoms with van der Waals surface area (Å²) in [4.78, 5) is 0. The van der Waals surface area contributed by atoms with Crippen molar-refractivity contribution in [2.75, 3.05) is 13.4 Å². The van der Waals surface area contributed by atoms with Crippen LogP contribution in [0.2, 0.25) is 0 Å².